The summed E-state index contributed by atoms with van der Waals surface area (Å²) in [6.07, 6.45) is 5.52. The molecular formula is C15H27NO3. The van der Waals surface area contributed by atoms with Gasteiger partial charge < -0.3 is 19.5 Å². The molecule has 0 aliphatic carbocycles. The number of rotatable bonds is 2. The van der Waals surface area contributed by atoms with Crippen LogP contribution in [0.15, 0.2) is 0 Å². The van der Waals surface area contributed by atoms with Crippen LogP contribution in [-0.2, 0) is 14.2 Å². The van der Waals surface area contributed by atoms with E-state index in [1.807, 2.05) is 0 Å². The van der Waals surface area contributed by atoms with E-state index in [2.05, 4.69) is 19.2 Å². The summed E-state index contributed by atoms with van der Waals surface area (Å²) in [6.45, 7) is 7.77. The highest BCUT2D eigenvalue weighted by molar-refractivity contribution is 4.94. The molecule has 0 amide bonds. The maximum absolute atomic E-state index is 6.00. The fraction of sp³-hybridized carbons (Fsp3) is 1.00. The van der Waals surface area contributed by atoms with E-state index in [1.54, 1.807) is 0 Å². The van der Waals surface area contributed by atoms with E-state index in [9.17, 15) is 0 Å². The third-order valence-electron chi connectivity index (χ3n) is 4.73. The van der Waals surface area contributed by atoms with E-state index in [4.69, 9.17) is 14.2 Å². The fourth-order valence-corrected chi connectivity index (χ4v) is 3.74. The Morgan fingerprint density at radius 2 is 1.68 bits per heavy atom. The smallest absolute Gasteiger partial charge is 0.0951 e. The van der Waals surface area contributed by atoms with Gasteiger partial charge in [-0.2, -0.15) is 0 Å². The third-order valence-corrected chi connectivity index (χ3v) is 4.73. The molecule has 0 bridgehead atoms. The Morgan fingerprint density at radius 3 is 2.37 bits per heavy atom. The van der Waals surface area contributed by atoms with Gasteiger partial charge in [0.2, 0.25) is 0 Å². The van der Waals surface area contributed by atoms with Crippen molar-refractivity contribution in [2.75, 3.05) is 26.4 Å². The molecule has 3 atom stereocenters. The molecule has 4 heteroatoms. The minimum absolute atomic E-state index is 0.0105. The van der Waals surface area contributed by atoms with Crippen molar-refractivity contribution in [3.05, 3.63) is 0 Å². The van der Waals surface area contributed by atoms with E-state index in [0.29, 0.717) is 12.1 Å². The van der Waals surface area contributed by atoms with E-state index in [0.717, 1.165) is 58.5 Å². The first-order valence-electron chi connectivity index (χ1n) is 7.69. The van der Waals surface area contributed by atoms with Crippen LogP contribution in [0.2, 0.25) is 0 Å². The van der Waals surface area contributed by atoms with Crippen LogP contribution in [0.1, 0.15) is 46.0 Å². The molecule has 1 N–H and O–H groups in total. The fourth-order valence-electron chi connectivity index (χ4n) is 3.74. The van der Waals surface area contributed by atoms with Gasteiger partial charge >= 0.3 is 0 Å². The van der Waals surface area contributed by atoms with Crippen molar-refractivity contribution in [1.82, 2.24) is 5.32 Å². The average molecular weight is 269 g/mol. The van der Waals surface area contributed by atoms with Crippen molar-refractivity contribution in [3.8, 4) is 0 Å². The van der Waals surface area contributed by atoms with Crippen LogP contribution in [0, 0.1) is 0 Å². The van der Waals surface area contributed by atoms with Gasteiger partial charge in [-0.1, -0.05) is 0 Å². The number of hydrogen-bond acceptors (Lipinski definition) is 4. The second-order valence-corrected chi connectivity index (χ2v) is 6.99. The van der Waals surface area contributed by atoms with E-state index < -0.39 is 0 Å². The predicted molar refractivity (Wildman–Crippen MR) is 73.3 cm³/mol. The summed E-state index contributed by atoms with van der Waals surface area (Å²) in [5, 5.41) is 3.85. The first-order chi connectivity index (χ1) is 9.07. The van der Waals surface area contributed by atoms with Crippen molar-refractivity contribution in [2.24, 2.45) is 0 Å². The molecule has 110 valence electrons. The lowest BCUT2D eigenvalue weighted by Gasteiger charge is -2.42. The third kappa shape index (κ3) is 3.30. The molecular weight excluding hydrogens is 242 g/mol. The van der Waals surface area contributed by atoms with Crippen molar-refractivity contribution < 1.29 is 14.2 Å². The zero-order valence-corrected chi connectivity index (χ0v) is 12.2. The maximum atomic E-state index is 6.00. The van der Waals surface area contributed by atoms with Gasteiger partial charge in [0.15, 0.2) is 0 Å². The second-order valence-electron chi connectivity index (χ2n) is 6.99. The molecule has 4 nitrogen and oxygen atoms in total. The van der Waals surface area contributed by atoms with Crippen molar-refractivity contribution in [3.63, 3.8) is 0 Å². The highest BCUT2D eigenvalue weighted by Gasteiger charge is 2.41. The summed E-state index contributed by atoms with van der Waals surface area (Å²) in [5.74, 6) is 0. The van der Waals surface area contributed by atoms with Crippen LogP contribution >= 0.6 is 0 Å². The average Bonchev–Trinajstić information content (AvgIpc) is 2.76. The number of nitrogens with one attached hydrogen (secondary N) is 1. The molecule has 3 unspecified atom stereocenters. The van der Waals surface area contributed by atoms with E-state index in [1.165, 1.54) is 0 Å². The monoisotopic (exact) mass is 269 g/mol. The number of hydrogen-bond donors (Lipinski definition) is 1. The highest BCUT2D eigenvalue weighted by atomic mass is 16.6. The van der Waals surface area contributed by atoms with Crippen LogP contribution in [0.3, 0.4) is 0 Å². The van der Waals surface area contributed by atoms with Gasteiger partial charge in [0.1, 0.15) is 0 Å². The summed E-state index contributed by atoms with van der Waals surface area (Å²) in [6, 6.07) is 1.17. The van der Waals surface area contributed by atoms with Crippen LogP contribution in [0.25, 0.3) is 0 Å². The lowest BCUT2D eigenvalue weighted by molar-refractivity contribution is -0.0972. The van der Waals surface area contributed by atoms with Gasteiger partial charge in [-0.15, -0.1) is 0 Å². The Kier molecular flexibility index (Phi) is 3.87. The highest BCUT2D eigenvalue weighted by Crippen LogP contribution is 2.34. The Balaban J connectivity index is 1.54. The molecule has 0 radical (unpaired) electrons. The topological polar surface area (TPSA) is 39.7 Å². The second kappa shape index (κ2) is 5.32. The SMILES string of the molecule is CC1(C)CC(NC2CCOC3(CCOC3)C2)CCO1. The zero-order chi connectivity index (χ0) is 13.3. The quantitative estimate of drug-likeness (QED) is 0.831. The van der Waals surface area contributed by atoms with Gasteiger partial charge in [0, 0.05) is 38.3 Å². The lowest BCUT2D eigenvalue weighted by atomic mass is 9.87. The van der Waals surface area contributed by atoms with Crippen molar-refractivity contribution in [1.29, 1.82) is 0 Å². The van der Waals surface area contributed by atoms with Crippen LogP contribution in [-0.4, -0.2) is 49.7 Å². The minimum Gasteiger partial charge on any atom is -0.378 e. The van der Waals surface area contributed by atoms with Crippen LogP contribution in [0.5, 0.6) is 0 Å². The zero-order valence-electron chi connectivity index (χ0n) is 12.2. The van der Waals surface area contributed by atoms with Gasteiger partial charge in [-0.3, -0.25) is 0 Å². The minimum atomic E-state index is 0.0105. The van der Waals surface area contributed by atoms with Crippen LogP contribution in [0.4, 0.5) is 0 Å². The number of ether oxygens (including phenoxy) is 3. The maximum Gasteiger partial charge on any atom is 0.0951 e. The Hall–Kier alpha value is -0.160. The first-order valence-corrected chi connectivity index (χ1v) is 7.69. The predicted octanol–water partition coefficient (Wildman–Crippen LogP) is 1.87. The normalized spacial score (nSPS) is 42.6. The van der Waals surface area contributed by atoms with E-state index in [-0.39, 0.29) is 11.2 Å². The van der Waals surface area contributed by atoms with Gasteiger partial charge in [-0.05, 0) is 39.5 Å². The molecule has 19 heavy (non-hydrogen) atoms. The summed E-state index contributed by atoms with van der Waals surface area (Å²) in [7, 11) is 0. The summed E-state index contributed by atoms with van der Waals surface area (Å²) >= 11 is 0. The molecule has 3 saturated heterocycles. The molecule has 0 aromatic carbocycles. The molecule has 3 fully saturated rings. The van der Waals surface area contributed by atoms with Gasteiger partial charge in [-0.25, -0.2) is 0 Å². The largest absolute Gasteiger partial charge is 0.378 e. The first kappa shape index (κ1) is 13.8. The summed E-state index contributed by atoms with van der Waals surface area (Å²) in [5.41, 5.74) is 0.0336. The van der Waals surface area contributed by atoms with Crippen molar-refractivity contribution >= 4 is 0 Å². The Bertz CT molecular complexity index is 313. The van der Waals surface area contributed by atoms with Crippen molar-refractivity contribution in [2.45, 2.75) is 69.2 Å². The molecule has 3 aliphatic rings. The lowest BCUT2D eigenvalue weighted by Crippen LogP contribution is -2.53. The van der Waals surface area contributed by atoms with Gasteiger partial charge in [0.05, 0.1) is 17.8 Å². The molecule has 1 spiro atoms. The molecule has 0 aromatic heterocycles. The Labute approximate surface area is 116 Å². The van der Waals surface area contributed by atoms with Gasteiger partial charge in [0.25, 0.3) is 0 Å². The molecule has 3 rings (SSSR count). The molecule has 3 heterocycles. The molecule has 3 aliphatic heterocycles. The van der Waals surface area contributed by atoms with Crippen LogP contribution < -0.4 is 5.32 Å². The molecule has 0 aromatic rings. The van der Waals surface area contributed by atoms with E-state index >= 15 is 0 Å². The summed E-state index contributed by atoms with van der Waals surface area (Å²) in [4.78, 5) is 0. The standard InChI is InChI=1S/C15H27NO3/c1-14(2)9-12(3-6-18-14)16-13-4-7-19-15(10-13)5-8-17-11-15/h12-13,16H,3-11H2,1-2H3. The summed E-state index contributed by atoms with van der Waals surface area (Å²) < 4.78 is 17.3. The Morgan fingerprint density at radius 1 is 0.947 bits per heavy atom. The molecule has 0 saturated carbocycles.